The minimum atomic E-state index is -1.06. The van der Waals surface area contributed by atoms with Crippen molar-refractivity contribution in [2.24, 2.45) is 0 Å². The van der Waals surface area contributed by atoms with Crippen LogP contribution in [-0.2, 0) is 9.47 Å². The van der Waals surface area contributed by atoms with Crippen LogP contribution < -0.4 is 0 Å². The summed E-state index contributed by atoms with van der Waals surface area (Å²) in [4.78, 5) is 11.5. The maximum absolute atomic E-state index is 11.5. The average molecular weight is 226 g/mol. The second-order valence-electron chi connectivity index (χ2n) is 3.43. The molecule has 86 valence electrons. The number of aromatic hydroxyl groups is 3. The Labute approximate surface area is 90.7 Å². The molecule has 0 radical (unpaired) electrons. The Morgan fingerprint density at radius 2 is 1.81 bits per heavy atom. The molecular formula is C10H10O6. The Balaban J connectivity index is 2.80. The fourth-order valence-electron chi connectivity index (χ4n) is 1.73. The third kappa shape index (κ3) is 1.13. The highest BCUT2D eigenvalue weighted by Crippen LogP contribution is 2.49. The molecular weight excluding hydrogens is 216 g/mol. The largest absolute Gasteiger partial charge is 0.504 e. The summed E-state index contributed by atoms with van der Waals surface area (Å²) in [7, 11) is 1.30. The van der Waals surface area contributed by atoms with Crippen molar-refractivity contribution in [3.8, 4) is 17.2 Å². The number of phenolic OH excluding ortho intramolecular Hbond substituents is 3. The van der Waals surface area contributed by atoms with Crippen LogP contribution in [0.25, 0.3) is 0 Å². The van der Waals surface area contributed by atoms with Gasteiger partial charge in [-0.25, -0.2) is 4.79 Å². The summed E-state index contributed by atoms with van der Waals surface area (Å²) in [6.45, 7) is 1.44. The van der Waals surface area contributed by atoms with Gasteiger partial charge < -0.3 is 24.8 Å². The van der Waals surface area contributed by atoms with Crippen molar-refractivity contribution < 1.29 is 29.6 Å². The highest BCUT2D eigenvalue weighted by molar-refractivity contribution is 5.98. The zero-order valence-corrected chi connectivity index (χ0v) is 8.64. The molecule has 3 N–H and O–H groups in total. The van der Waals surface area contributed by atoms with Gasteiger partial charge in [-0.05, 0) is 6.92 Å². The predicted octanol–water partition coefficient (Wildman–Crippen LogP) is 0.927. The van der Waals surface area contributed by atoms with Crippen LogP contribution in [0, 0.1) is 6.92 Å². The van der Waals surface area contributed by atoms with Gasteiger partial charge in [0.1, 0.15) is 0 Å². The van der Waals surface area contributed by atoms with Gasteiger partial charge in [-0.1, -0.05) is 0 Å². The molecule has 0 bridgehead atoms. The standard InChI is InChI=1S/C10H10O6/c1-3-4-5(7(12)8(13)6(3)11)10(15-2)16-9(4)14/h10-13H,1-2H3/t10-/m0/s1. The molecule has 0 unspecified atom stereocenters. The number of rotatable bonds is 1. The minimum Gasteiger partial charge on any atom is -0.504 e. The monoisotopic (exact) mass is 226 g/mol. The lowest BCUT2D eigenvalue weighted by Gasteiger charge is -2.11. The second-order valence-corrected chi connectivity index (χ2v) is 3.43. The van der Waals surface area contributed by atoms with Gasteiger partial charge in [0, 0.05) is 12.7 Å². The Hall–Kier alpha value is -1.95. The Kier molecular flexibility index (Phi) is 2.16. The Morgan fingerprint density at radius 3 is 2.38 bits per heavy atom. The summed E-state index contributed by atoms with van der Waals surface area (Å²) >= 11 is 0. The van der Waals surface area contributed by atoms with E-state index >= 15 is 0 Å². The molecule has 0 aromatic heterocycles. The first-order valence-corrected chi connectivity index (χ1v) is 4.50. The van der Waals surface area contributed by atoms with Gasteiger partial charge in [0.05, 0.1) is 11.1 Å². The van der Waals surface area contributed by atoms with Gasteiger partial charge in [-0.15, -0.1) is 0 Å². The van der Waals surface area contributed by atoms with E-state index in [1.54, 1.807) is 0 Å². The molecule has 0 spiro atoms. The van der Waals surface area contributed by atoms with Crippen molar-refractivity contribution in [3.05, 3.63) is 16.7 Å². The number of hydrogen-bond acceptors (Lipinski definition) is 6. The zero-order chi connectivity index (χ0) is 12.0. The smallest absolute Gasteiger partial charge is 0.341 e. The third-order valence-corrected chi connectivity index (χ3v) is 2.57. The van der Waals surface area contributed by atoms with E-state index in [2.05, 4.69) is 0 Å². The lowest BCUT2D eigenvalue weighted by atomic mass is 10.0. The highest BCUT2D eigenvalue weighted by Gasteiger charge is 2.38. The molecule has 0 fully saturated rings. The normalized spacial score (nSPS) is 18.4. The zero-order valence-electron chi connectivity index (χ0n) is 8.64. The minimum absolute atomic E-state index is 0.0275. The van der Waals surface area contributed by atoms with Crippen LogP contribution in [0.1, 0.15) is 27.8 Å². The molecule has 1 aliphatic rings. The Morgan fingerprint density at radius 1 is 1.19 bits per heavy atom. The number of ether oxygens (including phenoxy) is 2. The summed E-state index contributed by atoms with van der Waals surface area (Å²) in [6, 6.07) is 0. The van der Waals surface area contributed by atoms with Gasteiger partial charge in [0.2, 0.25) is 12.0 Å². The molecule has 0 saturated carbocycles. The number of cyclic esters (lactones) is 1. The van der Waals surface area contributed by atoms with Gasteiger partial charge >= 0.3 is 5.97 Å². The summed E-state index contributed by atoms with van der Waals surface area (Å²) in [5, 5.41) is 28.5. The topological polar surface area (TPSA) is 96.2 Å². The fraction of sp³-hybridized carbons (Fsp3) is 0.300. The van der Waals surface area contributed by atoms with Crippen LogP contribution in [0.2, 0.25) is 0 Å². The summed E-state index contributed by atoms with van der Waals surface area (Å²) in [6.07, 6.45) is -1.06. The van der Waals surface area contributed by atoms with Crippen molar-refractivity contribution in [2.75, 3.05) is 7.11 Å². The van der Waals surface area contributed by atoms with E-state index < -0.39 is 29.5 Å². The molecule has 6 heteroatoms. The van der Waals surface area contributed by atoms with E-state index in [0.717, 1.165) is 0 Å². The predicted molar refractivity (Wildman–Crippen MR) is 51.3 cm³/mol. The SMILES string of the molecule is CO[C@H]1OC(=O)c2c(C)c(O)c(O)c(O)c21. The molecule has 1 atom stereocenters. The average Bonchev–Trinajstić information content (AvgIpc) is 2.60. The quantitative estimate of drug-likeness (QED) is 0.487. The van der Waals surface area contributed by atoms with Crippen molar-refractivity contribution in [3.63, 3.8) is 0 Å². The molecule has 1 aromatic carbocycles. The van der Waals surface area contributed by atoms with Crippen molar-refractivity contribution in [1.29, 1.82) is 0 Å². The summed E-state index contributed by atoms with van der Waals surface area (Å²) in [5.74, 6) is -2.53. The third-order valence-electron chi connectivity index (χ3n) is 2.57. The van der Waals surface area contributed by atoms with Gasteiger partial charge in [0.25, 0.3) is 0 Å². The number of esters is 1. The molecule has 16 heavy (non-hydrogen) atoms. The van der Waals surface area contributed by atoms with Crippen molar-refractivity contribution in [1.82, 2.24) is 0 Å². The van der Waals surface area contributed by atoms with Crippen LogP contribution in [0.4, 0.5) is 0 Å². The lowest BCUT2D eigenvalue weighted by Crippen LogP contribution is -2.00. The lowest BCUT2D eigenvalue weighted by molar-refractivity contribution is -0.0824. The fourth-order valence-corrected chi connectivity index (χ4v) is 1.73. The second kappa shape index (κ2) is 3.28. The van der Waals surface area contributed by atoms with Crippen LogP contribution in [0.5, 0.6) is 17.2 Å². The van der Waals surface area contributed by atoms with Crippen LogP contribution in [0.15, 0.2) is 0 Å². The van der Waals surface area contributed by atoms with Crippen LogP contribution in [-0.4, -0.2) is 28.4 Å². The molecule has 1 aromatic rings. The number of fused-ring (bicyclic) bond motifs is 1. The summed E-state index contributed by atoms with van der Waals surface area (Å²) < 4.78 is 9.65. The number of methoxy groups -OCH3 is 1. The van der Waals surface area contributed by atoms with E-state index in [0.29, 0.717) is 0 Å². The number of carbonyl (C=O) groups is 1. The molecule has 1 heterocycles. The van der Waals surface area contributed by atoms with E-state index in [9.17, 15) is 20.1 Å². The van der Waals surface area contributed by atoms with Gasteiger partial charge in [-0.2, -0.15) is 0 Å². The molecule has 2 rings (SSSR count). The van der Waals surface area contributed by atoms with Crippen LogP contribution in [0.3, 0.4) is 0 Å². The first-order valence-electron chi connectivity index (χ1n) is 4.50. The van der Waals surface area contributed by atoms with Crippen molar-refractivity contribution in [2.45, 2.75) is 13.2 Å². The van der Waals surface area contributed by atoms with E-state index in [4.69, 9.17) is 9.47 Å². The van der Waals surface area contributed by atoms with Crippen molar-refractivity contribution >= 4 is 5.97 Å². The molecule has 0 amide bonds. The van der Waals surface area contributed by atoms with Gasteiger partial charge in [-0.3, -0.25) is 0 Å². The maximum atomic E-state index is 11.5. The number of benzene rings is 1. The van der Waals surface area contributed by atoms with E-state index in [1.165, 1.54) is 14.0 Å². The van der Waals surface area contributed by atoms with Gasteiger partial charge in [0.15, 0.2) is 11.5 Å². The first kappa shape index (κ1) is 10.6. The van der Waals surface area contributed by atoms with Crippen LogP contribution >= 0.6 is 0 Å². The highest BCUT2D eigenvalue weighted by atomic mass is 16.7. The number of phenols is 3. The van der Waals surface area contributed by atoms with E-state index in [-0.39, 0.29) is 16.7 Å². The maximum Gasteiger partial charge on any atom is 0.341 e. The number of carbonyl (C=O) groups excluding carboxylic acids is 1. The molecule has 0 aliphatic carbocycles. The summed E-state index contributed by atoms with van der Waals surface area (Å²) in [5.41, 5.74) is 0.217. The first-order chi connectivity index (χ1) is 7.49. The molecule has 1 aliphatic heterocycles. The molecule has 6 nitrogen and oxygen atoms in total. The molecule has 0 saturated heterocycles. The Bertz CT molecular complexity index is 479. The van der Waals surface area contributed by atoms with E-state index in [1.807, 2.05) is 0 Å². The number of hydrogen-bond donors (Lipinski definition) is 3.